The molecule has 7 nitrogen and oxygen atoms in total. The van der Waals surface area contributed by atoms with Crippen LogP contribution in [-0.2, 0) is 14.8 Å². The molecular formula is C17H26N2O5S. The molecule has 1 aliphatic heterocycles. The van der Waals surface area contributed by atoms with Crippen molar-refractivity contribution < 1.29 is 22.7 Å². The van der Waals surface area contributed by atoms with E-state index in [2.05, 4.69) is 0 Å². The Balaban J connectivity index is 2.17. The molecule has 0 aliphatic carbocycles. The quantitative estimate of drug-likeness (QED) is 0.795. The van der Waals surface area contributed by atoms with Gasteiger partial charge >= 0.3 is 6.09 Å². The van der Waals surface area contributed by atoms with E-state index in [1.165, 1.54) is 9.21 Å². The summed E-state index contributed by atoms with van der Waals surface area (Å²) >= 11 is 0. The van der Waals surface area contributed by atoms with Crippen LogP contribution in [0.3, 0.4) is 0 Å². The minimum Gasteiger partial charge on any atom is -0.496 e. The zero-order valence-corrected chi connectivity index (χ0v) is 16.0. The van der Waals surface area contributed by atoms with E-state index in [1.54, 1.807) is 32.2 Å². The van der Waals surface area contributed by atoms with Gasteiger partial charge in [0.25, 0.3) is 0 Å². The minimum atomic E-state index is -3.61. The lowest BCUT2D eigenvalue weighted by Gasteiger charge is -2.33. The molecule has 1 aliphatic rings. The van der Waals surface area contributed by atoms with Crippen molar-refractivity contribution in [3.05, 3.63) is 23.8 Å². The van der Waals surface area contributed by atoms with Crippen molar-refractivity contribution in [1.29, 1.82) is 0 Å². The van der Waals surface area contributed by atoms with Crippen molar-refractivity contribution in [1.82, 2.24) is 9.21 Å². The summed E-state index contributed by atoms with van der Waals surface area (Å²) in [6.07, 6.45) is -0.397. The maximum Gasteiger partial charge on any atom is 0.409 e. The van der Waals surface area contributed by atoms with Crippen LogP contribution >= 0.6 is 0 Å². The Morgan fingerprint density at radius 2 is 1.84 bits per heavy atom. The molecule has 25 heavy (non-hydrogen) atoms. The molecule has 1 saturated heterocycles. The normalized spacial score (nSPS) is 16.1. The van der Waals surface area contributed by atoms with E-state index < -0.39 is 16.1 Å². The van der Waals surface area contributed by atoms with Crippen LogP contribution in [0.5, 0.6) is 5.75 Å². The number of methoxy groups -OCH3 is 1. The highest BCUT2D eigenvalue weighted by Crippen LogP contribution is 2.30. The first-order valence-electron chi connectivity index (χ1n) is 8.41. The standard InChI is InChI=1S/C17H26N2O5S/c1-5-24-17(20)18-8-10-19(11-9-18)25(21,22)14-6-7-16(23-4)15(12-14)13(2)3/h6-7,12-13H,5,8-11H2,1-4H3. The third kappa shape index (κ3) is 4.24. The molecule has 0 aromatic heterocycles. The molecule has 140 valence electrons. The van der Waals surface area contributed by atoms with E-state index in [9.17, 15) is 13.2 Å². The molecule has 0 atom stereocenters. The first-order chi connectivity index (χ1) is 11.8. The van der Waals surface area contributed by atoms with Crippen LogP contribution in [-0.4, -0.2) is 63.6 Å². The van der Waals surface area contributed by atoms with Crippen LogP contribution in [0.25, 0.3) is 0 Å². The largest absolute Gasteiger partial charge is 0.496 e. The molecule has 0 unspecified atom stereocenters. The van der Waals surface area contributed by atoms with E-state index in [-0.39, 0.29) is 23.9 Å². The molecule has 1 aromatic carbocycles. The highest BCUT2D eigenvalue weighted by atomic mass is 32.2. The molecule has 0 N–H and O–H groups in total. The van der Waals surface area contributed by atoms with Crippen molar-refractivity contribution >= 4 is 16.1 Å². The number of carbonyl (C=O) groups is 1. The van der Waals surface area contributed by atoms with Gasteiger partial charge in [0.2, 0.25) is 10.0 Å². The third-order valence-corrected chi connectivity index (χ3v) is 6.12. The second-order valence-electron chi connectivity index (χ2n) is 6.15. The van der Waals surface area contributed by atoms with Gasteiger partial charge in [0.1, 0.15) is 5.75 Å². The monoisotopic (exact) mass is 370 g/mol. The Labute approximate surface area is 149 Å². The van der Waals surface area contributed by atoms with Crippen LogP contribution in [0.15, 0.2) is 23.1 Å². The molecule has 1 fully saturated rings. The summed E-state index contributed by atoms with van der Waals surface area (Å²) in [6, 6.07) is 4.94. The Bertz CT molecular complexity index is 710. The first-order valence-corrected chi connectivity index (χ1v) is 9.85. The van der Waals surface area contributed by atoms with Crippen LogP contribution < -0.4 is 4.74 Å². The Kier molecular flexibility index (Phi) is 6.29. The molecule has 0 radical (unpaired) electrons. The average molecular weight is 370 g/mol. The van der Waals surface area contributed by atoms with Gasteiger partial charge in [-0.1, -0.05) is 13.8 Å². The third-order valence-electron chi connectivity index (χ3n) is 4.23. The summed E-state index contributed by atoms with van der Waals surface area (Å²) in [4.78, 5) is 13.5. The van der Waals surface area contributed by atoms with E-state index in [4.69, 9.17) is 9.47 Å². The van der Waals surface area contributed by atoms with Crippen LogP contribution in [0.1, 0.15) is 32.3 Å². The summed E-state index contributed by atoms with van der Waals surface area (Å²) in [6.45, 7) is 7.19. The SMILES string of the molecule is CCOC(=O)N1CCN(S(=O)(=O)c2ccc(OC)c(C(C)C)c2)CC1. The van der Waals surface area contributed by atoms with E-state index in [0.29, 0.717) is 25.4 Å². The lowest BCUT2D eigenvalue weighted by molar-refractivity contribution is 0.0934. The van der Waals surface area contributed by atoms with Crippen molar-refractivity contribution in [3.63, 3.8) is 0 Å². The first kappa shape index (κ1) is 19.5. The molecule has 1 heterocycles. The van der Waals surface area contributed by atoms with Crippen LogP contribution in [0.2, 0.25) is 0 Å². The molecular weight excluding hydrogens is 344 g/mol. The zero-order valence-electron chi connectivity index (χ0n) is 15.2. The molecule has 8 heteroatoms. The van der Waals surface area contributed by atoms with Gasteiger partial charge in [0.15, 0.2) is 0 Å². The fourth-order valence-electron chi connectivity index (χ4n) is 2.80. The number of amides is 1. The Hall–Kier alpha value is -1.80. The lowest BCUT2D eigenvalue weighted by atomic mass is 10.0. The number of benzene rings is 1. The van der Waals surface area contributed by atoms with Crippen LogP contribution in [0.4, 0.5) is 4.79 Å². The van der Waals surface area contributed by atoms with Gasteiger partial charge in [0.05, 0.1) is 18.6 Å². The topological polar surface area (TPSA) is 76.2 Å². The number of hydrogen-bond donors (Lipinski definition) is 0. The van der Waals surface area contributed by atoms with Gasteiger partial charge in [-0.15, -0.1) is 0 Å². The minimum absolute atomic E-state index is 0.144. The second kappa shape index (κ2) is 8.05. The number of carbonyl (C=O) groups excluding carboxylic acids is 1. The Morgan fingerprint density at radius 3 is 2.36 bits per heavy atom. The van der Waals surface area contributed by atoms with Crippen molar-refractivity contribution in [2.75, 3.05) is 39.9 Å². The zero-order chi connectivity index (χ0) is 18.6. The number of sulfonamides is 1. The van der Waals surface area contributed by atoms with Crippen LogP contribution in [0, 0.1) is 0 Å². The van der Waals surface area contributed by atoms with Crippen molar-refractivity contribution in [3.8, 4) is 5.75 Å². The maximum atomic E-state index is 12.9. The predicted molar refractivity (Wildman–Crippen MR) is 94.4 cm³/mol. The lowest BCUT2D eigenvalue weighted by Crippen LogP contribution is -2.50. The summed E-state index contributed by atoms with van der Waals surface area (Å²) in [5.41, 5.74) is 0.855. The number of hydrogen-bond acceptors (Lipinski definition) is 5. The summed E-state index contributed by atoms with van der Waals surface area (Å²) in [5.74, 6) is 0.826. The molecule has 0 bridgehead atoms. The summed E-state index contributed by atoms with van der Waals surface area (Å²) in [5, 5.41) is 0. The van der Waals surface area contributed by atoms with Crippen molar-refractivity contribution in [2.24, 2.45) is 0 Å². The number of ether oxygens (including phenoxy) is 2. The fourth-order valence-corrected chi connectivity index (χ4v) is 4.26. The summed E-state index contributed by atoms with van der Waals surface area (Å²) < 4.78 is 37.5. The smallest absolute Gasteiger partial charge is 0.409 e. The van der Waals surface area contributed by atoms with Gasteiger partial charge in [-0.25, -0.2) is 13.2 Å². The van der Waals surface area contributed by atoms with Gasteiger partial charge < -0.3 is 14.4 Å². The van der Waals surface area contributed by atoms with Gasteiger partial charge in [-0.3, -0.25) is 0 Å². The summed E-state index contributed by atoms with van der Waals surface area (Å²) in [7, 11) is -2.03. The number of rotatable bonds is 5. The molecule has 1 amide bonds. The highest BCUT2D eigenvalue weighted by Gasteiger charge is 2.31. The molecule has 0 spiro atoms. The highest BCUT2D eigenvalue weighted by molar-refractivity contribution is 7.89. The Morgan fingerprint density at radius 1 is 1.20 bits per heavy atom. The van der Waals surface area contributed by atoms with Gasteiger partial charge in [-0.2, -0.15) is 4.31 Å². The number of nitrogens with zero attached hydrogens (tertiary/aromatic N) is 2. The van der Waals surface area contributed by atoms with Crippen molar-refractivity contribution in [2.45, 2.75) is 31.6 Å². The molecule has 0 saturated carbocycles. The average Bonchev–Trinajstić information content (AvgIpc) is 2.61. The number of piperazine rings is 1. The second-order valence-corrected chi connectivity index (χ2v) is 8.09. The van der Waals surface area contributed by atoms with E-state index in [0.717, 1.165) is 5.56 Å². The predicted octanol–water partition coefficient (Wildman–Crippen LogP) is 2.28. The van der Waals surface area contributed by atoms with E-state index in [1.807, 2.05) is 13.8 Å². The van der Waals surface area contributed by atoms with E-state index >= 15 is 0 Å². The van der Waals surface area contributed by atoms with Gasteiger partial charge in [-0.05, 0) is 36.6 Å². The van der Waals surface area contributed by atoms with Gasteiger partial charge in [0, 0.05) is 26.2 Å². The maximum absolute atomic E-state index is 12.9. The molecule has 2 rings (SSSR count). The molecule has 1 aromatic rings. The fraction of sp³-hybridized carbons (Fsp3) is 0.588.